The van der Waals surface area contributed by atoms with Crippen molar-refractivity contribution in [2.45, 2.75) is 123 Å². The summed E-state index contributed by atoms with van der Waals surface area (Å²) in [6.07, 6.45) is 0.463. The van der Waals surface area contributed by atoms with E-state index in [1.54, 1.807) is 30.8 Å². The Morgan fingerprint density at radius 2 is 1.55 bits per heavy atom. The molecule has 8 unspecified atom stereocenters. The normalized spacial score (nSPS) is 19.1. The number of ether oxygens (including phenoxy) is 2. The molecule has 0 radical (unpaired) electrons. The molecule has 14 heteroatoms. The van der Waals surface area contributed by atoms with Crippen molar-refractivity contribution >= 4 is 29.6 Å². The van der Waals surface area contributed by atoms with Gasteiger partial charge in [0.1, 0.15) is 17.9 Å². The monoisotopic (exact) mass is 749 g/mol. The van der Waals surface area contributed by atoms with Crippen molar-refractivity contribution < 1.29 is 42.9 Å². The molecule has 2 rings (SSSR count). The number of halogens is 1. The van der Waals surface area contributed by atoms with E-state index < -0.39 is 66.0 Å². The number of carbonyl (C=O) groups is 5. The molecule has 0 bridgehead atoms. The van der Waals surface area contributed by atoms with Gasteiger partial charge < -0.3 is 40.3 Å². The Bertz CT molecular complexity index is 1360. The molecule has 4 N–H and O–H groups in total. The lowest BCUT2D eigenvalue weighted by atomic mass is 9.89. The third kappa shape index (κ3) is 12.2. The number of carboxylic acid groups (broad SMARTS) is 1. The molecule has 0 aromatic heterocycles. The maximum atomic E-state index is 14.1. The van der Waals surface area contributed by atoms with Gasteiger partial charge in [-0.15, -0.1) is 0 Å². The average molecular weight is 750 g/mol. The molecule has 1 fully saturated rings. The number of nitrogens with one attached hydrogen (secondary N) is 3. The predicted octanol–water partition coefficient (Wildman–Crippen LogP) is 3.24. The summed E-state index contributed by atoms with van der Waals surface area (Å²) in [6, 6.07) is 1.93. The van der Waals surface area contributed by atoms with E-state index >= 15 is 0 Å². The number of carboxylic acids is 1. The zero-order chi connectivity index (χ0) is 40.2. The summed E-state index contributed by atoms with van der Waals surface area (Å²) in [5, 5.41) is 18.4. The Balaban J connectivity index is 2.26. The topological polar surface area (TPSA) is 167 Å². The first kappa shape index (κ1) is 45.5. The number of likely N-dealkylation sites (tertiary alicyclic amines) is 1. The fraction of sp³-hybridized carbons (Fsp3) is 0.718. The molecule has 1 aliphatic heterocycles. The van der Waals surface area contributed by atoms with Crippen molar-refractivity contribution in [2.24, 2.45) is 23.7 Å². The van der Waals surface area contributed by atoms with E-state index in [2.05, 4.69) is 16.0 Å². The van der Waals surface area contributed by atoms with E-state index in [0.29, 0.717) is 31.4 Å². The van der Waals surface area contributed by atoms with Gasteiger partial charge in [0.15, 0.2) is 0 Å². The van der Waals surface area contributed by atoms with Crippen LogP contribution in [0, 0.1) is 29.5 Å². The third-order valence-corrected chi connectivity index (χ3v) is 10.7. The molecule has 0 aliphatic carbocycles. The third-order valence-electron chi connectivity index (χ3n) is 10.7. The lowest BCUT2D eigenvalue weighted by Crippen LogP contribution is -2.59. The van der Waals surface area contributed by atoms with E-state index in [1.807, 2.05) is 41.5 Å². The Hall–Kier alpha value is -3.62. The first-order valence-corrected chi connectivity index (χ1v) is 18.8. The predicted molar refractivity (Wildman–Crippen MR) is 200 cm³/mol. The van der Waals surface area contributed by atoms with Crippen molar-refractivity contribution in [1.82, 2.24) is 25.8 Å². The van der Waals surface area contributed by atoms with Crippen LogP contribution in [0.4, 0.5) is 4.39 Å². The van der Waals surface area contributed by atoms with E-state index in [0.717, 1.165) is 0 Å². The van der Waals surface area contributed by atoms with Crippen molar-refractivity contribution in [3.8, 4) is 0 Å². The summed E-state index contributed by atoms with van der Waals surface area (Å²) < 4.78 is 25.2. The van der Waals surface area contributed by atoms with Gasteiger partial charge in [0.05, 0.1) is 42.7 Å². The second-order valence-electron chi connectivity index (χ2n) is 15.1. The summed E-state index contributed by atoms with van der Waals surface area (Å²) in [5.41, 5.74) is 0.552. The van der Waals surface area contributed by atoms with Gasteiger partial charge >= 0.3 is 5.97 Å². The number of nitrogens with zero attached hydrogens (tertiary/aromatic N) is 2. The number of hydrogen-bond acceptors (Lipinski definition) is 8. The van der Waals surface area contributed by atoms with E-state index in [4.69, 9.17) is 9.47 Å². The SMILES string of the molecule is CCC(C)C(C(CC(=O)N1CCC[C@H]1C(OC)C(C)C(=O)NC(Cc1ccc(F)cc1)C(=O)O)OC)N(C)C(=O)C(NC(=O)C(NC)C(C)C)C(C)C. The number of amides is 4. The molecule has 0 saturated carbocycles. The molecule has 300 valence electrons. The van der Waals surface area contributed by atoms with Gasteiger partial charge in [0.25, 0.3) is 0 Å². The van der Waals surface area contributed by atoms with Crippen LogP contribution < -0.4 is 16.0 Å². The summed E-state index contributed by atoms with van der Waals surface area (Å²) in [7, 11) is 6.38. The Labute approximate surface area is 315 Å². The number of carbonyl (C=O) groups excluding carboxylic acids is 4. The standard InChI is InChI=1S/C39H64FN5O8/c1-12-24(6)34(44(9)38(49)33(23(4)5)43-37(48)32(41-8)22(2)3)30(52-10)21-31(46)45-19-13-14-29(45)35(53-11)25(7)36(47)42-28(39(50)51)20-26-15-17-27(40)18-16-26/h15-18,22-25,28-30,32-35,41H,12-14,19-21H2,1-11H3,(H,42,47)(H,43,48)(H,50,51)/t24?,25?,28?,29-,30?,32?,33?,34?,35?/m0/s1. The van der Waals surface area contributed by atoms with Gasteiger partial charge in [0.2, 0.25) is 23.6 Å². The molecular formula is C39H64FN5O8. The van der Waals surface area contributed by atoms with Gasteiger partial charge in [-0.2, -0.15) is 0 Å². The van der Waals surface area contributed by atoms with Crippen LogP contribution >= 0.6 is 0 Å². The minimum absolute atomic E-state index is 0.0105. The minimum atomic E-state index is -1.25. The fourth-order valence-electron chi connectivity index (χ4n) is 7.41. The number of likely N-dealkylation sites (N-methyl/N-ethyl adjacent to an activating group) is 2. The molecule has 1 aromatic carbocycles. The lowest BCUT2D eigenvalue weighted by molar-refractivity contribution is -0.148. The van der Waals surface area contributed by atoms with Crippen LogP contribution in [0.3, 0.4) is 0 Å². The highest BCUT2D eigenvalue weighted by atomic mass is 19.1. The van der Waals surface area contributed by atoms with Crippen LogP contribution in [0.5, 0.6) is 0 Å². The van der Waals surface area contributed by atoms with Gasteiger partial charge in [-0.05, 0) is 55.3 Å². The number of aliphatic carboxylic acids is 1. The van der Waals surface area contributed by atoms with Crippen molar-refractivity contribution in [3.63, 3.8) is 0 Å². The average Bonchev–Trinajstić information content (AvgIpc) is 3.60. The highest BCUT2D eigenvalue weighted by Crippen LogP contribution is 2.30. The molecule has 1 aliphatic rings. The molecule has 13 nitrogen and oxygen atoms in total. The van der Waals surface area contributed by atoms with Crippen LogP contribution in [0.1, 0.15) is 79.7 Å². The maximum Gasteiger partial charge on any atom is 0.326 e. The number of hydrogen-bond donors (Lipinski definition) is 4. The Morgan fingerprint density at radius 1 is 0.943 bits per heavy atom. The minimum Gasteiger partial charge on any atom is -0.480 e. The van der Waals surface area contributed by atoms with E-state index in [-0.39, 0.29) is 48.3 Å². The Kier molecular flexibility index (Phi) is 18.3. The fourth-order valence-corrected chi connectivity index (χ4v) is 7.41. The second kappa shape index (κ2) is 21.3. The van der Waals surface area contributed by atoms with Gasteiger partial charge in [0, 0.05) is 34.2 Å². The number of benzene rings is 1. The molecule has 1 heterocycles. The zero-order valence-electron chi connectivity index (χ0n) is 33.5. The van der Waals surface area contributed by atoms with Crippen LogP contribution in [-0.4, -0.2) is 122 Å². The molecule has 1 aromatic rings. The quantitative estimate of drug-likeness (QED) is 0.148. The van der Waals surface area contributed by atoms with E-state index in [1.165, 1.54) is 38.5 Å². The molecule has 9 atom stereocenters. The second-order valence-corrected chi connectivity index (χ2v) is 15.1. The van der Waals surface area contributed by atoms with Gasteiger partial charge in [-0.3, -0.25) is 19.2 Å². The first-order valence-electron chi connectivity index (χ1n) is 18.8. The first-order chi connectivity index (χ1) is 24.9. The highest BCUT2D eigenvalue weighted by molar-refractivity contribution is 5.90. The molecular weight excluding hydrogens is 685 g/mol. The number of methoxy groups -OCH3 is 2. The largest absolute Gasteiger partial charge is 0.480 e. The molecule has 1 saturated heterocycles. The van der Waals surface area contributed by atoms with Crippen molar-refractivity contribution in [3.05, 3.63) is 35.6 Å². The van der Waals surface area contributed by atoms with E-state index in [9.17, 15) is 33.5 Å². The summed E-state index contributed by atoms with van der Waals surface area (Å²) >= 11 is 0. The molecule has 4 amide bonds. The van der Waals surface area contributed by atoms with Crippen LogP contribution in [-0.2, 0) is 39.9 Å². The maximum absolute atomic E-state index is 14.1. The van der Waals surface area contributed by atoms with Gasteiger partial charge in [-0.25, -0.2) is 9.18 Å². The lowest BCUT2D eigenvalue weighted by Gasteiger charge is -2.41. The van der Waals surface area contributed by atoms with Gasteiger partial charge in [-0.1, -0.05) is 67.0 Å². The van der Waals surface area contributed by atoms with Crippen LogP contribution in [0.15, 0.2) is 24.3 Å². The van der Waals surface area contributed by atoms with Crippen LogP contribution in [0.25, 0.3) is 0 Å². The molecule has 0 spiro atoms. The number of rotatable bonds is 21. The zero-order valence-corrected chi connectivity index (χ0v) is 33.5. The van der Waals surface area contributed by atoms with Crippen molar-refractivity contribution in [1.29, 1.82) is 0 Å². The highest BCUT2D eigenvalue weighted by Gasteiger charge is 2.43. The smallest absolute Gasteiger partial charge is 0.326 e. The summed E-state index contributed by atoms with van der Waals surface area (Å²) in [4.78, 5) is 70.2. The van der Waals surface area contributed by atoms with Crippen molar-refractivity contribution in [2.75, 3.05) is 34.9 Å². The Morgan fingerprint density at radius 3 is 2.04 bits per heavy atom. The summed E-state index contributed by atoms with van der Waals surface area (Å²) in [5.74, 6) is -4.05. The molecule has 53 heavy (non-hydrogen) atoms. The van der Waals surface area contributed by atoms with Crippen LogP contribution in [0.2, 0.25) is 0 Å². The summed E-state index contributed by atoms with van der Waals surface area (Å²) in [6.45, 7) is 13.7.